The van der Waals surface area contributed by atoms with E-state index in [9.17, 15) is 9.59 Å². The highest BCUT2D eigenvalue weighted by Gasteiger charge is 2.30. The van der Waals surface area contributed by atoms with E-state index in [0.29, 0.717) is 25.3 Å². The third kappa shape index (κ3) is 3.86. The molecular formula is C14H16Cl2N2O3. The van der Waals surface area contributed by atoms with Crippen LogP contribution in [-0.2, 0) is 9.53 Å². The van der Waals surface area contributed by atoms with Gasteiger partial charge in [-0.05, 0) is 25.8 Å². The molecule has 0 saturated carbocycles. The number of likely N-dealkylation sites (tertiary alicyclic amines) is 1. The topological polar surface area (TPSA) is 59.5 Å². The highest BCUT2D eigenvalue weighted by molar-refractivity contribution is 6.41. The highest BCUT2D eigenvalue weighted by Crippen LogP contribution is 2.23. The zero-order chi connectivity index (χ0) is 15.4. The van der Waals surface area contributed by atoms with E-state index >= 15 is 0 Å². The van der Waals surface area contributed by atoms with E-state index in [-0.39, 0.29) is 28.0 Å². The molecule has 0 radical (unpaired) electrons. The normalized spacial score (nSPS) is 18.4. The Labute approximate surface area is 133 Å². The van der Waals surface area contributed by atoms with Crippen LogP contribution in [0.1, 0.15) is 30.1 Å². The molecule has 7 heteroatoms. The Hall–Kier alpha value is -1.33. The number of hydrogen-bond acceptors (Lipinski definition) is 4. The maximum atomic E-state index is 12.4. The summed E-state index contributed by atoms with van der Waals surface area (Å²) in [6.45, 7) is 3.08. The van der Waals surface area contributed by atoms with Gasteiger partial charge in [-0.3, -0.25) is 9.59 Å². The first-order valence-electron chi connectivity index (χ1n) is 6.80. The lowest BCUT2D eigenvalue weighted by Crippen LogP contribution is -2.42. The first kappa shape index (κ1) is 16.0. The summed E-state index contributed by atoms with van der Waals surface area (Å²) >= 11 is 11.6. The van der Waals surface area contributed by atoms with Crippen LogP contribution in [0.5, 0.6) is 0 Å². The van der Waals surface area contributed by atoms with Crippen LogP contribution in [-0.4, -0.2) is 41.5 Å². The molecule has 1 aliphatic heterocycles. The molecule has 5 nitrogen and oxygen atoms in total. The van der Waals surface area contributed by atoms with Crippen molar-refractivity contribution < 1.29 is 14.3 Å². The number of pyridine rings is 1. The van der Waals surface area contributed by atoms with Gasteiger partial charge in [0.2, 0.25) is 0 Å². The lowest BCUT2D eigenvalue weighted by Gasteiger charge is -2.31. The summed E-state index contributed by atoms with van der Waals surface area (Å²) in [7, 11) is 0. The van der Waals surface area contributed by atoms with Gasteiger partial charge >= 0.3 is 5.97 Å². The Balaban J connectivity index is 2.08. The summed E-state index contributed by atoms with van der Waals surface area (Å²) in [5.74, 6) is -0.712. The van der Waals surface area contributed by atoms with Crippen LogP contribution in [0.2, 0.25) is 10.2 Å². The van der Waals surface area contributed by atoms with Crippen molar-refractivity contribution in [3.63, 3.8) is 0 Å². The zero-order valence-corrected chi connectivity index (χ0v) is 13.2. The second kappa shape index (κ2) is 7.09. The highest BCUT2D eigenvalue weighted by atomic mass is 35.5. The fraction of sp³-hybridized carbons (Fsp3) is 0.500. The first-order valence-corrected chi connectivity index (χ1v) is 7.55. The molecule has 1 aromatic rings. The zero-order valence-electron chi connectivity index (χ0n) is 11.6. The van der Waals surface area contributed by atoms with Gasteiger partial charge < -0.3 is 9.64 Å². The summed E-state index contributed by atoms with van der Waals surface area (Å²) in [5, 5.41) is 0.401. The molecule has 1 aliphatic rings. The maximum Gasteiger partial charge on any atom is 0.310 e. The molecule has 114 valence electrons. The molecular weight excluding hydrogens is 315 g/mol. The molecule has 0 bridgehead atoms. The second-order valence-electron chi connectivity index (χ2n) is 4.84. The lowest BCUT2D eigenvalue weighted by atomic mass is 9.97. The number of amides is 1. The van der Waals surface area contributed by atoms with Crippen LogP contribution < -0.4 is 0 Å². The Morgan fingerprint density at radius 1 is 1.48 bits per heavy atom. The minimum absolute atomic E-state index is 0.163. The standard InChI is InChI=1S/C14H16Cl2N2O3/c1-2-21-14(20)9-4-3-5-18(8-9)13(19)10-6-11(15)12(16)17-7-10/h6-7,9H,2-5,8H2,1H3/t9-/m0/s1. The molecule has 1 atom stereocenters. The number of rotatable bonds is 3. The molecule has 0 unspecified atom stereocenters. The number of carbonyl (C=O) groups is 2. The molecule has 1 aromatic heterocycles. The van der Waals surface area contributed by atoms with Gasteiger partial charge in [0, 0.05) is 19.3 Å². The van der Waals surface area contributed by atoms with Gasteiger partial charge in [-0.25, -0.2) is 4.98 Å². The fourth-order valence-corrected chi connectivity index (χ4v) is 2.60. The number of halogens is 2. The van der Waals surface area contributed by atoms with Gasteiger partial charge in [0.1, 0.15) is 5.15 Å². The number of esters is 1. The number of carbonyl (C=O) groups excluding carboxylic acids is 2. The van der Waals surface area contributed by atoms with Crippen LogP contribution in [0.3, 0.4) is 0 Å². The number of hydrogen-bond donors (Lipinski definition) is 0. The van der Waals surface area contributed by atoms with Gasteiger partial charge in [-0.15, -0.1) is 0 Å². The molecule has 21 heavy (non-hydrogen) atoms. The van der Waals surface area contributed by atoms with E-state index in [2.05, 4.69) is 4.98 Å². The number of aromatic nitrogens is 1. The van der Waals surface area contributed by atoms with E-state index in [1.165, 1.54) is 12.3 Å². The first-order chi connectivity index (χ1) is 10.0. The summed E-state index contributed by atoms with van der Waals surface area (Å²) in [4.78, 5) is 29.7. The Morgan fingerprint density at radius 3 is 2.90 bits per heavy atom. The van der Waals surface area contributed by atoms with Crippen LogP contribution in [0.25, 0.3) is 0 Å². The monoisotopic (exact) mass is 330 g/mol. The van der Waals surface area contributed by atoms with Crippen molar-refractivity contribution in [3.8, 4) is 0 Å². The third-order valence-electron chi connectivity index (χ3n) is 3.37. The van der Waals surface area contributed by atoms with E-state index < -0.39 is 0 Å². The van der Waals surface area contributed by atoms with Crippen molar-refractivity contribution in [2.75, 3.05) is 19.7 Å². The van der Waals surface area contributed by atoms with Crippen molar-refractivity contribution in [1.82, 2.24) is 9.88 Å². The fourth-order valence-electron chi connectivity index (χ4n) is 2.33. The van der Waals surface area contributed by atoms with E-state index in [1.54, 1.807) is 11.8 Å². The predicted molar refractivity (Wildman–Crippen MR) is 79.5 cm³/mol. The van der Waals surface area contributed by atoms with Crippen molar-refractivity contribution in [1.29, 1.82) is 0 Å². The molecule has 1 saturated heterocycles. The SMILES string of the molecule is CCOC(=O)[C@H]1CCCN(C(=O)c2cnc(Cl)c(Cl)c2)C1. The Morgan fingerprint density at radius 2 is 2.24 bits per heavy atom. The average molecular weight is 331 g/mol. The average Bonchev–Trinajstić information content (AvgIpc) is 2.49. The lowest BCUT2D eigenvalue weighted by molar-refractivity contribution is -0.149. The Kier molecular flexibility index (Phi) is 5.42. The number of ether oxygens (including phenoxy) is 1. The third-order valence-corrected chi connectivity index (χ3v) is 4.06. The smallest absolute Gasteiger partial charge is 0.310 e. The van der Waals surface area contributed by atoms with Gasteiger partial charge in [-0.1, -0.05) is 23.2 Å². The van der Waals surface area contributed by atoms with Crippen molar-refractivity contribution in [2.24, 2.45) is 5.92 Å². The predicted octanol–water partition coefficient (Wildman–Crippen LogP) is 2.80. The van der Waals surface area contributed by atoms with Gasteiger partial charge in [0.25, 0.3) is 5.91 Å². The van der Waals surface area contributed by atoms with E-state index in [0.717, 1.165) is 12.8 Å². The molecule has 0 spiro atoms. The van der Waals surface area contributed by atoms with Gasteiger partial charge in [-0.2, -0.15) is 0 Å². The maximum absolute atomic E-state index is 12.4. The van der Waals surface area contributed by atoms with Crippen molar-refractivity contribution >= 4 is 35.1 Å². The van der Waals surface area contributed by atoms with Crippen molar-refractivity contribution in [2.45, 2.75) is 19.8 Å². The summed E-state index contributed by atoms with van der Waals surface area (Å²) in [6.07, 6.45) is 2.90. The van der Waals surface area contributed by atoms with E-state index in [4.69, 9.17) is 27.9 Å². The molecule has 2 rings (SSSR count). The molecule has 0 N–H and O–H groups in total. The minimum atomic E-state index is -0.265. The molecule has 1 amide bonds. The summed E-state index contributed by atoms with van der Waals surface area (Å²) < 4.78 is 5.02. The summed E-state index contributed by atoms with van der Waals surface area (Å²) in [6, 6.07) is 1.49. The minimum Gasteiger partial charge on any atom is -0.466 e. The quantitative estimate of drug-likeness (QED) is 0.631. The van der Waals surface area contributed by atoms with Crippen LogP contribution in [0.4, 0.5) is 0 Å². The number of piperidine rings is 1. The molecule has 1 fully saturated rings. The second-order valence-corrected chi connectivity index (χ2v) is 5.60. The van der Waals surface area contributed by atoms with Gasteiger partial charge in [0.05, 0.1) is 23.1 Å². The largest absolute Gasteiger partial charge is 0.466 e. The molecule has 0 aromatic carbocycles. The van der Waals surface area contributed by atoms with Crippen LogP contribution in [0.15, 0.2) is 12.3 Å². The van der Waals surface area contributed by atoms with E-state index in [1.807, 2.05) is 0 Å². The number of nitrogens with zero attached hydrogens (tertiary/aromatic N) is 2. The molecule has 2 heterocycles. The van der Waals surface area contributed by atoms with Gasteiger partial charge in [0.15, 0.2) is 0 Å². The van der Waals surface area contributed by atoms with Crippen LogP contribution in [0, 0.1) is 5.92 Å². The summed E-state index contributed by atoms with van der Waals surface area (Å²) in [5.41, 5.74) is 0.369. The Bertz CT molecular complexity index is 551. The molecule has 0 aliphatic carbocycles. The van der Waals surface area contributed by atoms with Crippen molar-refractivity contribution in [3.05, 3.63) is 28.0 Å². The van der Waals surface area contributed by atoms with Crippen LogP contribution >= 0.6 is 23.2 Å².